The summed E-state index contributed by atoms with van der Waals surface area (Å²) < 4.78 is 1.92. The second kappa shape index (κ2) is 7.73. The second-order valence-electron chi connectivity index (χ2n) is 10.1. The maximum atomic E-state index is 12.9. The van der Waals surface area contributed by atoms with Gasteiger partial charge in [0, 0.05) is 31.9 Å². The van der Waals surface area contributed by atoms with Crippen LogP contribution in [0.2, 0.25) is 0 Å². The first-order valence-corrected chi connectivity index (χ1v) is 12.1. The fourth-order valence-corrected chi connectivity index (χ4v) is 5.15. The number of rotatable bonds is 6. The van der Waals surface area contributed by atoms with Gasteiger partial charge in [-0.05, 0) is 68.6 Å². The molecule has 1 aromatic heterocycles. The maximum Gasteiger partial charge on any atom is 0.257 e. The summed E-state index contributed by atoms with van der Waals surface area (Å²) >= 11 is 0. The molecule has 3 fully saturated rings. The van der Waals surface area contributed by atoms with Crippen molar-refractivity contribution in [3.8, 4) is 0 Å². The molecule has 6 rings (SSSR count). The minimum atomic E-state index is -0.764. The smallest absolute Gasteiger partial charge is 0.257 e. The zero-order valence-electron chi connectivity index (χ0n) is 18.4. The highest BCUT2D eigenvalue weighted by Gasteiger charge is 2.39. The predicted molar refractivity (Wildman–Crippen MR) is 123 cm³/mol. The number of likely N-dealkylation sites (tertiary alicyclic amines) is 1. The lowest BCUT2D eigenvalue weighted by Crippen LogP contribution is -2.49. The Labute approximate surface area is 188 Å². The molecule has 2 aromatic rings. The molecule has 32 heavy (non-hydrogen) atoms. The van der Waals surface area contributed by atoms with E-state index in [-0.39, 0.29) is 11.9 Å². The molecule has 2 saturated carbocycles. The SMILES string of the molecule is O=C(c1cnn(C2CC2)c1)N1CCC(O)(CC2CC=NN2c2ccc(C3CC3)cc2)CC1. The number of piperidine rings is 1. The first-order valence-electron chi connectivity index (χ1n) is 12.1. The Morgan fingerprint density at radius 1 is 1.09 bits per heavy atom. The van der Waals surface area contributed by atoms with E-state index in [1.165, 1.54) is 18.4 Å². The molecule has 1 unspecified atom stereocenters. The number of hydrazone groups is 1. The van der Waals surface area contributed by atoms with E-state index in [4.69, 9.17) is 0 Å². The van der Waals surface area contributed by atoms with Gasteiger partial charge in [0.1, 0.15) is 0 Å². The summed E-state index contributed by atoms with van der Waals surface area (Å²) in [6.45, 7) is 1.15. The molecule has 0 bridgehead atoms. The zero-order chi connectivity index (χ0) is 21.7. The standard InChI is InChI=1S/C25H31N5O2/c31-24(20-16-27-29(17-20)21-7-8-21)28-13-10-25(32,11-14-28)15-23-9-12-26-30(23)22-5-3-19(4-6-22)18-1-2-18/h3-6,12,16-18,21,23,32H,1-2,7-11,13-15H2. The number of hydrogen-bond acceptors (Lipinski definition) is 5. The van der Waals surface area contributed by atoms with Crippen LogP contribution in [0.15, 0.2) is 41.8 Å². The second-order valence-corrected chi connectivity index (χ2v) is 10.1. The topological polar surface area (TPSA) is 74.0 Å². The largest absolute Gasteiger partial charge is 0.390 e. The molecule has 1 atom stereocenters. The summed E-state index contributed by atoms with van der Waals surface area (Å²) in [7, 11) is 0. The summed E-state index contributed by atoms with van der Waals surface area (Å²) in [6, 6.07) is 9.41. The van der Waals surface area contributed by atoms with Gasteiger partial charge in [-0.3, -0.25) is 14.5 Å². The van der Waals surface area contributed by atoms with Gasteiger partial charge in [0.2, 0.25) is 0 Å². The van der Waals surface area contributed by atoms with Gasteiger partial charge in [0.15, 0.2) is 0 Å². The predicted octanol–water partition coefficient (Wildman–Crippen LogP) is 3.72. The monoisotopic (exact) mass is 433 g/mol. The van der Waals surface area contributed by atoms with Gasteiger partial charge in [-0.25, -0.2) is 0 Å². The molecular formula is C25H31N5O2. The number of aliphatic hydroxyl groups is 1. The molecule has 168 valence electrons. The highest BCUT2D eigenvalue weighted by atomic mass is 16.3. The van der Waals surface area contributed by atoms with Crippen LogP contribution >= 0.6 is 0 Å². The number of carbonyl (C=O) groups excluding carboxylic acids is 1. The number of anilines is 1. The Morgan fingerprint density at radius 3 is 2.53 bits per heavy atom. The van der Waals surface area contributed by atoms with Crippen LogP contribution in [-0.2, 0) is 0 Å². The number of nitrogens with zero attached hydrogens (tertiary/aromatic N) is 5. The summed E-state index contributed by atoms with van der Waals surface area (Å²) in [4.78, 5) is 14.8. The normalized spacial score (nSPS) is 24.8. The van der Waals surface area contributed by atoms with Crippen LogP contribution in [0.1, 0.15) is 79.2 Å². The fraction of sp³-hybridized carbons (Fsp3) is 0.560. The molecule has 2 aliphatic carbocycles. The Bertz CT molecular complexity index is 1010. The van der Waals surface area contributed by atoms with E-state index in [0.717, 1.165) is 30.9 Å². The Kier molecular flexibility index (Phi) is 4.82. The van der Waals surface area contributed by atoms with Crippen molar-refractivity contribution < 1.29 is 9.90 Å². The van der Waals surface area contributed by atoms with Crippen molar-refractivity contribution in [1.82, 2.24) is 14.7 Å². The van der Waals surface area contributed by atoms with Crippen LogP contribution in [-0.4, -0.2) is 56.6 Å². The molecule has 1 N–H and O–H groups in total. The quantitative estimate of drug-likeness (QED) is 0.754. The molecule has 1 aromatic carbocycles. The van der Waals surface area contributed by atoms with Gasteiger partial charge in [-0.1, -0.05) is 12.1 Å². The third kappa shape index (κ3) is 3.94. The van der Waals surface area contributed by atoms with Gasteiger partial charge in [0.25, 0.3) is 5.91 Å². The van der Waals surface area contributed by atoms with Crippen molar-refractivity contribution >= 4 is 17.8 Å². The van der Waals surface area contributed by atoms with Crippen molar-refractivity contribution in [2.75, 3.05) is 18.1 Å². The van der Waals surface area contributed by atoms with Crippen molar-refractivity contribution in [2.45, 2.75) is 75.0 Å². The van der Waals surface area contributed by atoms with Gasteiger partial charge < -0.3 is 10.0 Å². The molecule has 7 nitrogen and oxygen atoms in total. The number of amides is 1. The van der Waals surface area contributed by atoms with Crippen LogP contribution in [0.5, 0.6) is 0 Å². The first kappa shape index (κ1) is 20.0. The Morgan fingerprint density at radius 2 is 1.84 bits per heavy atom. The van der Waals surface area contributed by atoms with Gasteiger partial charge >= 0.3 is 0 Å². The molecule has 7 heteroatoms. The molecule has 4 aliphatic rings. The zero-order valence-corrected chi connectivity index (χ0v) is 18.4. The highest BCUT2D eigenvalue weighted by Crippen LogP contribution is 2.41. The van der Waals surface area contributed by atoms with E-state index in [0.29, 0.717) is 44.0 Å². The van der Waals surface area contributed by atoms with Gasteiger partial charge in [-0.2, -0.15) is 10.2 Å². The number of aromatic nitrogens is 2. The van der Waals surface area contributed by atoms with Crippen LogP contribution < -0.4 is 5.01 Å². The van der Waals surface area contributed by atoms with E-state index < -0.39 is 5.60 Å². The van der Waals surface area contributed by atoms with E-state index in [1.807, 2.05) is 22.0 Å². The molecular weight excluding hydrogens is 402 g/mol. The van der Waals surface area contributed by atoms with Crippen molar-refractivity contribution in [2.24, 2.45) is 5.10 Å². The molecule has 2 aliphatic heterocycles. The number of hydrogen-bond donors (Lipinski definition) is 1. The first-order chi connectivity index (χ1) is 15.6. The average Bonchev–Trinajstić information content (AvgIpc) is 3.74. The van der Waals surface area contributed by atoms with E-state index in [1.54, 1.807) is 6.20 Å². The number of benzene rings is 1. The minimum Gasteiger partial charge on any atom is -0.390 e. The van der Waals surface area contributed by atoms with E-state index >= 15 is 0 Å². The fourth-order valence-electron chi connectivity index (χ4n) is 5.15. The summed E-state index contributed by atoms with van der Waals surface area (Å²) in [6.07, 6.45) is 13.1. The third-order valence-corrected chi connectivity index (χ3v) is 7.50. The minimum absolute atomic E-state index is 0.0283. The van der Waals surface area contributed by atoms with Crippen molar-refractivity contribution in [1.29, 1.82) is 0 Å². The lowest BCUT2D eigenvalue weighted by atomic mass is 9.84. The molecule has 0 spiro atoms. The molecule has 1 saturated heterocycles. The maximum absolute atomic E-state index is 12.9. The molecule has 0 radical (unpaired) electrons. The van der Waals surface area contributed by atoms with Gasteiger partial charge in [-0.15, -0.1) is 0 Å². The van der Waals surface area contributed by atoms with E-state index in [2.05, 4.69) is 39.5 Å². The summed E-state index contributed by atoms with van der Waals surface area (Å²) in [5.41, 5.74) is 2.41. The van der Waals surface area contributed by atoms with Gasteiger partial charge in [0.05, 0.1) is 35.1 Å². The number of carbonyl (C=O) groups is 1. The third-order valence-electron chi connectivity index (χ3n) is 7.50. The van der Waals surface area contributed by atoms with Crippen LogP contribution in [0.4, 0.5) is 5.69 Å². The van der Waals surface area contributed by atoms with Crippen LogP contribution in [0.25, 0.3) is 0 Å². The summed E-state index contributed by atoms with van der Waals surface area (Å²) in [5, 5.41) is 22.4. The lowest BCUT2D eigenvalue weighted by Gasteiger charge is -2.40. The average molecular weight is 434 g/mol. The molecule has 1 amide bonds. The molecule has 3 heterocycles. The van der Waals surface area contributed by atoms with Crippen LogP contribution in [0, 0.1) is 0 Å². The Hall–Kier alpha value is -2.67. The lowest BCUT2D eigenvalue weighted by molar-refractivity contribution is -0.0268. The highest BCUT2D eigenvalue weighted by molar-refractivity contribution is 5.93. The van der Waals surface area contributed by atoms with Crippen LogP contribution in [0.3, 0.4) is 0 Å². The Balaban J connectivity index is 1.07. The van der Waals surface area contributed by atoms with Crippen molar-refractivity contribution in [3.63, 3.8) is 0 Å². The van der Waals surface area contributed by atoms with E-state index in [9.17, 15) is 9.90 Å². The van der Waals surface area contributed by atoms with Crippen molar-refractivity contribution in [3.05, 3.63) is 47.8 Å². The summed E-state index contributed by atoms with van der Waals surface area (Å²) in [5.74, 6) is 0.777.